The number of carbonyl (C=O) groups excluding carboxylic acids is 1. The van der Waals surface area contributed by atoms with Crippen LogP contribution in [0.15, 0.2) is 121 Å². The molecule has 190 valence electrons. The van der Waals surface area contributed by atoms with Crippen LogP contribution in [0.3, 0.4) is 0 Å². The number of carbonyl (C=O) groups is 1. The molecular weight excluding hydrogens is 498 g/mol. The normalized spacial score (nSPS) is 11.6. The molecule has 0 atom stereocenters. The second kappa shape index (κ2) is 10.6. The lowest BCUT2D eigenvalue weighted by Gasteiger charge is -2.06. The lowest BCUT2D eigenvalue weighted by molar-refractivity contribution is -0.111. The SMILES string of the molecule is Nc1ccccc1NC(=O)/C=C/c1ccn(S(=O)(=O)c2ccc(-c3cnn(Cc4ccccc4)c3)cc2)c1. The minimum atomic E-state index is -3.80. The third-order valence-corrected chi connectivity index (χ3v) is 7.57. The highest BCUT2D eigenvalue weighted by Crippen LogP contribution is 2.23. The number of rotatable bonds is 8. The van der Waals surface area contributed by atoms with Crippen LogP contribution in [0.25, 0.3) is 17.2 Å². The van der Waals surface area contributed by atoms with Gasteiger partial charge in [0.05, 0.1) is 29.0 Å². The predicted octanol–water partition coefficient (Wildman–Crippen LogP) is 4.87. The summed E-state index contributed by atoms with van der Waals surface area (Å²) < 4.78 is 29.3. The molecule has 0 bridgehead atoms. The van der Waals surface area contributed by atoms with Gasteiger partial charge in [0.15, 0.2) is 0 Å². The van der Waals surface area contributed by atoms with Crippen LogP contribution in [0.1, 0.15) is 11.1 Å². The maximum absolute atomic E-state index is 13.1. The monoisotopic (exact) mass is 523 g/mol. The number of amides is 1. The van der Waals surface area contributed by atoms with Crippen molar-refractivity contribution < 1.29 is 13.2 Å². The number of nitrogens with two attached hydrogens (primary N) is 1. The van der Waals surface area contributed by atoms with E-state index in [9.17, 15) is 13.2 Å². The summed E-state index contributed by atoms with van der Waals surface area (Å²) in [5, 5.41) is 7.11. The van der Waals surface area contributed by atoms with E-state index in [0.717, 1.165) is 20.7 Å². The first-order valence-electron chi connectivity index (χ1n) is 11.8. The van der Waals surface area contributed by atoms with E-state index in [2.05, 4.69) is 10.4 Å². The summed E-state index contributed by atoms with van der Waals surface area (Å²) in [7, 11) is -3.80. The van der Waals surface area contributed by atoms with Crippen LogP contribution in [0.5, 0.6) is 0 Å². The predicted molar refractivity (Wildman–Crippen MR) is 149 cm³/mol. The number of hydrogen-bond donors (Lipinski definition) is 2. The largest absolute Gasteiger partial charge is 0.397 e. The van der Waals surface area contributed by atoms with Gasteiger partial charge in [0.2, 0.25) is 5.91 Å². The highest BCUT2D eigenvalue weighted by atomic mass is 32.2. The molecule has 38 heavy (non-hydrogen) atoms. The van der Waals surface area contributed by atoms with Crippen molar-refractivity contribution in [3.8, 4) is 11.1 Å². The quantitative estimate of drug-likeness (QED) is 0.223. The lowest BCUT2D eigenvalue weighted by atomic mass is 10.1. The molecule has 2 heterocycles. The summed E-state index contributed by atoms with van der Waals surface area (Å²) in [6.45, 7) is 0.652. The van der Waals surface area contributed by atoms with Crippen LogP contribution in [-0.4, -0.2) is 28.1 Å². The van der Waals surface area contributed by atoms with Crippen LogP contribution in [-0.2, 0) is 21.4 Å². The van der Waals surface area contributed by atoms with Crippen molar-refractivity contribution >= 4 is 33.4 Å². The summed E-state index contributed by atoms with van der Waals surface area (Å²) in [6.07, 6.45) is 9.46. The van der Waals surface area contributed by atoms with Crippen molar-refractivity contribution in [2.45, 2.75) is 11.4 Å². The standard InChI is InChI=1S/C29H25N5O3S/c30-27-8-4-5-9-28(27)32-29(35)15-10-23-16-17-34(20-23)38(36,37)26-13-11-24(12-14-26)25-18-31-33(21-25)19-22-6-2-1-3-7-22/h1-18,20-21H,19,30H2,(H,32,35)/b15-10+. The van der Waals surface area contributed by atoms with Gasteiger partial charge in [0, 0.05) is 30.2 Å². The molecule has 3 aromatic carbocycles. The number of nitrogens with one attached hydrogen (secondary N) is 1. The smallest absolute Gasteiger partial charge is 0.267 e. The van der Waals surface area contributed by atoms with Gasteiger partial charge in [0.1, 0.15) is 0 Å². The number of benzene rings is 3. The first kappa shape index (κ1) is 24.8. The summed E-state index contributed by atoms with van der Waals surface area (Å²) in [5.74, 6) is -0.374. The first-order valence-corrected chi connectivity index (χ1v) is 13.3. The van der Waals surface area contributed by atoms with E-state index in [4.69, 9.17) is 5.73 Å². The van der Waals surface area contributed by atoms with Gasteiger partial charge in [-0.05, 0) is 53.1 Å². The Kier molecular flexibility index (Phi) is 6.92. The zero-order valence-electron chi connectivity index (χ0n) is 20.3. The molecule has 8 nitrogen and oxygen atoms in total. The van der Waals surface area contributed by atoms with E-state index in [1.54, 1.807) is 60.8 Å². The van der Waals surface area contributed by atoms with E-state index >= 15 is 0 Å². The van der Waals surface area contributed by atoms with Gasteiger partial charge >= 0.3 is 0 Å². The average molecular weight is 524 g/mol. The van der Waals surface area contributed by atoms with Gasteiger partial charge in [-0.3, -0.25) is 9.48 Å². The van der Waals surface area contributed by atoms with Crippen LogP contribution in [0.4, 0.5) is 11.4 Å². The average Bonchev–Trinajstić information content (AvgIpc) is 3.60. The van der Waals surface area contributed by atoms with Crippen LogP contribution >= 0.6 is 0 Å². The van der Waals surface area contributed by atoms with Gasteiger partial charge in [-0.15, -0.1) is 0 Å². The third-order valence-electron chi connectivity index (χ3n) is 5.92. The van der Waals surface area contributed by atoms with Crippen molar-refractivity contribution in [2.75, 3.05) is 11.1 Å². The zero-order valence-corrected chi connectivity index (χ0v) is 21.1. The number of hydrogen-bond acceptors (Lipinski definition) is 5. The van der Waals surface area contributed by atoms with Crippen molar-refractivity contribution in [3.63, 3.8) is 0 Å². The molecule has 5 aromatic rings. The zero-order chi connectivity index (χ0) is 26.5. The minimum Gasteiger partial charge on any atom is -0.397 e. The summed E-state index contributed by atoms with van der Waals surface area (Å²) >= 11 is 0. The Morgan fingerprint density at radius 2 is 1.63 bits per heavy atom. The summed E-state index contributed by atoms with van der Waals surface area (Å²) in [5.41, 5.74) is 10.3. The van der Waals surface area contributed by atoms with Crippen molar-refractivity contribution in [1.29, 1.82) is 0 Å². The first-order chi connectivity index (χ1) is 18.4. The molecule has 0 saturated carbocycles. The van der Waals surface area contributed by atoms with Gasteiger partial charge in [-0.25, -0.2) is 12.4 Å². The molecule has 0 spiro atoms. The molecule has 0 radical (unpaired) electrons. The van der Waals surface area contributed by atoms with E-state index in [1.807, 2.05) is 41.2 Å². The maximum atomic E-state index is 13.1. The number of anilines is 2. The Labute approximate surface area is 220 Å². The second-order valence-corrected chi connectivity index (χ2v) is 10.5. The van der Waals surface area contributed by atoms with Gasteiger partial charge < -0.3 is 11.1 Å². The Balaban J connectivity index is 1.26. The third kappa shape index (κ3) is 5.58. The summed E-state index contributed by atoms with van der Waals surface area (Å²) in [6, 6.07) is 25.3. The van der Waals surface area contributed by atoms with Gasteiger partial charge in [-0.2, -0.15) is 5.10 Å². The highest BCUT2D eigenvalue weighted by molar-refractivity contribution is 7.90. The minimum absolute atomic E-state index is 0.154. The Hall–Kier alpha value is -4.89. The van der Waals surface area contributed by atoms with Crippen molar-refractivity contribution in [1.82, 2.24) is 13.8 Å². The molecule has 0 fully saturated rings. The Bertz CT molecular complexity index is 1700. The molecule has 0 unspecified atom stereocenters. The topological polar surface area (TPSA) is 112 Å². The molecule has 2 aromatic heterocycles. The van der Waals surface area contributed by atoms with Gasteiger partial charge in [-0.1, -0.05) is 54.6 Å². The highest BCUT2D eigenvalue weighted by Gasteiger charge is 2.17. The molecule has 0 aliphatic heterocycles. The molecule has 0 aliphatic carbocycles. The lowest BCUT2D eigenvalue weighted by Crippen LogP contribution is -2.10. The van der Waals surface area contributed by atoms with Crippen molar-refractivity contribution in [3.05, 3.63) is 127 Å². The number of para-hydroxylation sites is 2. The van der Waals surface area contributed by atoms with Crippen LogP contribution in [0.2, 0.25) is 0 Å². The Morgan fingerprint density at radius 1 is 0.895 bits per heavy atom. The molecule has 0 saturated heterocycles. The molecule has 5 rings (SSSR count). The van der Waals surface area contributed by atoms with Gasteiger partial charge in [0.25, 0.3) is 10.0 Å². The second-order valence-electron chi connectivity index (χ2n) is 8.63. The number of nitrogen functional groups attached to an aromatic ring is 1. The van der Waals surface area contributed by atoms with E-state index in [-0.39, 0.29) is 10.8 Å². The molecule has 1 amide bonds. The fourth-order valence-corrected chi connectivity index (χ4v) is 5.11. The maximum Gasteiger partial charge on any atom is 0.267 e. The molecule has 3 N–H and O–H groups in total. The number of nitrogens with zero attached hydrogens (tertiary/aromatic N) is 3. The number of aromatic nitrogens is 3. The Morgan fingerprint density at radius 3 is 2.39 bits per heavy atom. The molecule has 9 heteroatoms. The van der Waals surface area contributed by atoms with E-state index < -0.39 is 10.0 Å². The van der Waals surface area contributed by atoms with Crippen LogP contribution in [0, 0.1) is 0 Å². The molecule has 0 aliphatic rings. The van der Waals surface area contributed by atoms with Crippen molar-refractivity contribution in [2.24, 2.45) is 0 Å². The summed E-state index contributed by atoms with van der Waals surface area (Å²) in [4.78, 5) is 12.4. The van der Waals surface area contributed by atoms with E-state index in [1.165, 1.54) is 24.5 Å². The van der Waals surface area contributed by atoms with Crippen LogP contribution < -0.4 is 11.1 Å². The fourth-order valence-electron chi connectivity index (χ4n) is 3.91. The van der Waals surface area contributed by atoms with E-state index in [0.29, 0.717) is 23.5 Å². The fraction of sp³-hybridized carbons (Fsp3) is 0.0345. The molecular formula is C29H25N5O3S.